The van der Waals surface area contributed by atoms with Crippen LogP contribution in [0.2, 0.25) is 0 Å². The van der Waals surface area contributed by atoms with Crippen molar-refractivity contribution in [3.63, 3.8) is 0 Å². The zero-order valence-electron chi connectivity index (χ0n) is 19.4. The summed E-state index contributed by atoms with van der Waals surface area (Å²) >= 11 is 2.41. The van der Waals surface area contributed by atoms with Gasteiger partial charge in [0.1, 0.15) is 6.04 Å². The molecule has 1 aliphatic heterocycles. The van der Waals surface area contributed by atoms with Crippen molar-refractivity contribution in [2.75, 3.05) is 45.1 Å². The van der Waals surface area contributed by atoms with Crippen LogP contribution in [-0.4, -0.2) is 79.8 Å². The fourth-order valence-electron chi connectivity index (χ4n) is 3.45. The van der Waals surface area contributed by atoms with E-state index in [1.165, 1.54) is 18.7 Å². The van der Waals surface area contributed by atoms with Gasteiger partial charge in [-0.15, -0.1) is 12.4 Å². The summed E-state index contributed by atoms with van der Waals surface area (Å²) < 4.78 is 33.8. The van der Waals surface area contributed by atoms with Gasteiger partial charge in [0, 0.05) is 48.6 Å². The molecule has 0 spiro atoms. The molecule has 1 amide bonds. The minimum absolute atomic E-state index is 0. The first-order chi connectivity index (χ1) is 16.3. The molecule has 0 aliphatic carbocycles. The van der Waals surface area contributed by atoms with Crippen molar-refractivity contribution in [1.82, 2.24) is 9.21 Å². The molecule has 0 saturated carbocycles. The number of thioether (sulfide) groups is 1. The molecular weight excluding hydrogens is 530 g/mol. The molecule has 2 aromatic rings. The molecule has 1 saturated heterocycles. The average Bonchev–Trinajstić information content (AvgIpc) is 2.82. The maximum atomic E-state index is 13.6. The Labute approximate surface area is 221 Å². The number of ether oxygens (including phenoxy) is 1. The first kappa shape index (κ1) is 29.6. The lowest BCUT2D eigenvalue weighted by molar-refractivity contribution is -0.121. The van der Waals surface area contributed by atoms with Gasteiger partial charge in [-0.3, -0.25) is 14.5 Å². The largest absolute Gasteiger partial charge is 0.379 e. The highest BCUT2D eigenvalue weighted by Crippen LogP contribution is 2.29. The molecule has 8 nitrogen and oxygen atoms in total. The van der Waals surface area contributed by atoms with Crippen LogP contribution in [0.25, 0.3) is 0 Å². The van der Waals surface area contributed by atoms with Gasteiger partial charge in [-0.1, -0.05) is 41.7 Å². The molecule has 1 atom stereocenters. The van der Waals surface area contributed by atoms with Gasteiger partial charge in [0.2, 0.25) is 15.9 Å². The van der Waals surface area contributed by atoms with Crippen molar-refractivity contribution in [1.29, 1.82) is 0 Å². The highest BCUT2D eigenvalue weighted by molar-refractivity contribution is 8.13. The number of hydrogen-bond acceptors (Lipinski definition) is 8. The van der Waals surface area contributed by atoms with Crippen molar-refractivity contribution in [3.05, 3.63) is 54.6 Å². The van der Waals surface area contributed by atoms with Crippen molar-refractivity contribution < 1.29 is 22.7 Å². The Morgan fingerprint density at radius 1 is 1.06 bits per heavy atom. The number of rotatable bonds is 11. The number of halogens is 1. The molecule has 3 rings (SSSR count). The predicted molar refractivity (Wildman–Crippen MR) is 142 cm³/mol. The second kappa shape index (κ2) is 14.2. The van der Waals surface area contributed by atoms with Crippen LogP contribution >= 0.6 is 35.9 Å². The molecule has 1 aliphatic rings. The van der Waals surface area contributed by atoms with E-state index in [-0.39, 0.29) is 34.7 Å². The highest BCUT2D eigenvalue weighted by atomic mass is 35.5. The Kier molecular flexibility index (Phi) is 12.0. The SMILES string of the molecule is CC(=O)SC[C@@H](C(N)=O)N(CCN1CCOCC1)S(=O)(=O)c1ccc(Sc2ccccc2)cc1.Cl. The molecule has 0 bridgehead atoms. The number of hydrogen-bond donors (Lipinski definition) is 1. The van der Waals surface area contributed by atoms with E-state index in [2.05, 4.69) is 4.90 Å². The monoisotopic (exact) mass is 559 g/mol. The van der Waals surface area contributed by atoms with E-state index in [9.17, 15) is 18.0 Å². The van der Waals surface area contributed by atoms with Gasteiger partial charge in [-0.25, -0.2) is 8.42 Å². The normalized spacial score (nSPS) is 15.4. The average molecular weight is 560 g/mol. The first-order valence-electron chi connectivity index (χ1n) is 10.8. The van der Waals surface area contributed by atoms with Gasteiger partial charge in [0.05, 0.1) is 18.1 Å². The van der Waals surface area contributed by atoms with Gasteiger partial charge in [0.25, 0.3) is 0 Å². The molecular formula is C23H30ClN3O5S3. The summed E-state index contributed by atoms with van der Waals surface area (Å²) in [4.78, 5) is 27.9. The third kappa shape index (κ3) is 8.78. The molecule has 1 heterocycles. The standard InChI is InChI=1S/C23H29N3O5S3.ClH/c1-18(27)32-17-22(23(24)28)26(12-11-25-13-15-31-16-14-25)34(29,30)21-9-7-20(8-10-21)33-19-5-3-2-4-6-19;/h2-10,22H,11-17H2,1H3,(H2,24,28);1H/t22-;/m0./s1. The molecule has 0 aromatic heterocycles. The van der Waals surface area contributed by atoms with E-state index in [0.717, 1.165) is 25.9 Å². The van der Waals surface area contributed by atoms with E-state index >= 15 is 0 Å². The van der Waals surface area contributed by atoms with Crippen LogP contribution < -0.4 is 5.73 Å². The number of sulfonamides is 1. The summed E-state index contributed by atoms with van der Waals surface area (Å²) in [5.74, 6) is -0.815. The number of primary amides is 1. The van der Waals surface area contributed by atoms with Crippen LogP contribution in [0, 0.1) is 0 Å². The number of carbonyl (C=O) groups is 2. The fraction of sp³-hybridized carbons (Fsp3) is 0.391. The quantitative estimate of drug-likeness (QED) is 0.447. The van der Waals surface area contributed by atoms with Crippen molar-refractivity contribution in [2.24, 2.45) is 5.73 Å². The van der Waals surface area contributed by atoms with E-state index in [4.69, 9.17) is 10.5 Å². The second-order valence-corrected chi connectivity index (χ2v) is 11.9. The Morgan fingerprint density at radius 2 is 1.66 bits per heavy atom. The van der Waals surface area contributed by atoms with Gasteiger partial charge in [0.15, 0.2) is 5.12 Å². The Morgan fingerprint density at radius 3 is 2.23 bits per heavy atom. The van der Waals surface area contributed by atoms with Crippen molar-refractivity contribution in [3.8, 4) is 0 Å². The molecule has 35 heavy (non-hydrogen) atoms. The number of amides is 1. The van der Waals surface area contributed by atoms with Crippen LogP contribution in [-0.2, 0) is 24.3 Å². The summed E-state index contributed by atoms with van der Waals surface area (Å²) in [6.45, 7) is 4.40. The molecule has 1 fully saturated rings. The summed E-state index contributed by atoms with van der Waals surface area (Å²) in [5, 5.41) is -0.209. The Hall–Kier alpha value is -1.60. The van der Waals surface area contributed by atoms with Gasteiger partial charge in [-0.05, 0) is 36.4 Å². The van der Waals surface area contributed by atoms with Gasteiger partial charge in [-0.2, -0.15) is 4.31 Å². The smallest absolute Gasteiger partial charge is 0.243 e. The lowest BCUT2D eigenvalue weighted by Gasteiger charge is -2.32. The van der Waals surface area contributed by atoms with Crippen LogP contribution in [0.15, 0.2) is 69.3 Å². The van der Waals surface area contributed by atoms with Crippen LogP contribution in [0.4, 0.5) is 0 Å². The summed E-state index contributed by atoms with van der Waals surface area (Å²) in [7, 11) is -4.04. The number of nitrogens with two attached hydrogens (primary N) is 1. The van der Waals surface area contributed by atoms with Crippen molar-refractivity contribution >= 4 is 57.0 Å². The molecule has 0 radical (unpaired) electrons. The summed E-state index contributed by atoms with van der Waals surface area (Å²) in [5.41, 5.74) is 5.61. The molecule has 2 aromatic carbocycles. The number of carbonyl (C=O) groups excluding carboxylic acids is 2. The zero-order valence-corrected chi connectivity index (χ0v) is 22.6. The molecule has 192 valence electrons. The summed E-state index contributed by atoms with van der Waals surface area (Å²) in [6.07, 6.45) is 0. The van der Waals surface area contributed by atoms with Crippen LogP contribution in [0.3, 0.4) is 0 Å². The van der Waals surface area contributed by atoms with Gasteiger partial charge < -0.3 is 10.5 Å². The van der Waals surface area contributed by atoms with E-state index in [1.807, 2.05) is 30.3 Å². The minimum atomic E-state index is -4.04. The third-order valence-corrected chi connectivity index (χ3v) is 9.10. The van der Waals surface area contributed by atoms with E-state index < -0.39 is 22.0 Å². The Balaban J connectivity index is 0.00000432. The van der Waals surface area contributed by atoms with Crippen LogP contribution in [0.5, 0.6) is 0 Å². The van der Waals surface area contributed by atoms with Crippen LogP contribution in [0.1, 0.15) is 6.92 Å². The zero-order chi connectivity index (χ0) is 24.6. The third-order valence-electron chi connectivity index (χ3n) is 5.27. The van der Waals surface area contributed by atoms with E-state index in [0.29, 0.717) is 32.8 Å². The predicted octanol–water partition coefficient (Wildman–Crippen LogP) is 2.72. The molecule has 0 unspecified atom stereocenters. The van der Waals surface area contributed by atoms with Gasteiger partial charge >= 0.3 is 0 Å². The molecule has 12 heteroatoms. The maximum absolute atomic E-state index is 13.6. The number of benzene rings is 2. The number of nitrogens with zero attached hydrogens (tertiary/aromatic N) is 2. The lowest BCUT2D eigenvalue weighted by Crippen LogP contribution is -2.52. The topological polar surface area (TPSA) is 110 Å². The maximum Gasteiger partial charge on any atom is 0.243 e. The highest BCUT2D eigenvalue weighted by Gasteiger charge is 2.35. The van der Waals surface area contributed by atoms with Crippen molar-refractivity contribution in [2.45, 2.75) is 27.7 Å². The second-order valence-electron chi connectivity index (χ2n) is 7.68. The first-order valence-corrected chi connectivity index (χ1v) is 14.1. The minimum Gasteiger partial charge on any atom is -0.379 e. The lowest BCUT2D eigenvalue weighted by atomic mass is 10.3. The fourth-order valence-corrected chi connectivity index (χ4v) is 6.71. The molecule has 2 N–H and O–H groups in total. The summed E-state index contributed by atoms with van der Waals surface area (Å²) in [6, 6.07) is 15.2. The van der Waals surface area contributed by atoms with E-state index in [1.54, 1.807) is 24.3 Å². The Bertz CT molecular complexity index is 1070. The number of morpholine rings is 1.